The molecule has 2 rings (SSSR count). The maximum atomic E-state index is 13.1. The molecule has 0 saturated heterocycles. The first-order valence-electron chi connectivity index (χ1n) is 4.53. The Kier molecular flexibility index (Phi) is 2.98. The summed E-state index contributed by atoms with van der Waals surface area (Å²) in [7, 11) is 0. The van der Waals surface area contributed by atoms with Crippen LogP contribution in [0.15, 0.2) is 16.6 Å². The maximum Gasteiger partial charge on any atom is 0.253 e. The van der Waals surface area contributed by atoms with Gasteiger partial charge < -0.3 is 5.32 Å². The van der Waals surface area contributed by atoms with E-state index in [0.29, 0.717) is 4.47 Å². The molecule has 1 aliphatic carbocycles. The molecule has 1 amide bonds. The van der Waals surface area contributed by atoms with Crippen molar-refractivity contribution in [3.05, 3.63) is 33.0 Å². The number of amides is 1. The first kappa shape index (κ1) is 10.9. The lowest BCUT2D eigenvalue weighted by atomic mass is 10.2. The fourth-order valence-electron chi connectivity index (χ4n) is 1.21. The quantitative estimate of drug-likeness (QED) is 0.834. The van der Waals surface area contributed by atoms with Crippen LogP contribution in [0.3, 0.4) is 0 Å². The number of carbonyl (C=O) groups excluding carboxylic acids is 1. The van der Waals surface area contributed by atoms with E-state index in [9.17, 15) is 9.18 Å². The van der Waals surface area contributed by atoms with Gasteiger partial charge in [-0.25, -0.2) is 4.39 Å². The van der Waals surface area contributed by atoms with Crippen molar-refractivity contribution in [3.63, 3.8) is 0 Å². The van der Waals surface area contributed by atoms with Crippen LogP contribution in [0, 0.1) is 5.82 Å². The van der Waals surface area contributed by atoms with E-state index in [4.69, 9.17) is 11.6 Å². The highest BCUT2D eigenvalue weighted by atomic mass is 79.9. The normalized spacial score (nSPS) is 15.1. The van der Waals surface area contributed by atoms with Crippen molar-refractivity contribution >= 4 is 33.4 Å². The minimum absolute atomic E-state index is 0.176. The van der Waals surface area contributed by atoms with E-state index in [0.717, 1.165) is 18.9 Å². The van der Waals surface area contributed by atoms with Gasteiger partial charge in [0.25, 0.3) is 5.91 Å². The van der Waals surface area contributed by atoms with E-state index < -0.39 is 5.82 Å². The van der Waals surface area contributed by atoms with Crippen LogP contribution < -0.4 is 5.32 Å². The molecule has 1 aromatic rings. The third-order valence-electron chi connectivity index (χ3n) is 2.15. The van der Waals surface area contributed by atoms with Crippen LogP contribution in [0.4, 0.5) is 4.39 Å². The smallest absolute Gasteiger partial charge is 0.253 e. The van der Waals surface area contributed by atoms with Crippen molar-refractivity contribution < 1.29 is 9.18 Å². The van der Waals surface area contributed by atoms with Crippen LogP contribution >= 0.6 is 27.5 Å². The van der Waals surface area contributed by atoms with Crippen molar-refractivity contribution in [1.29, 1.82) is 0 Å². The first-order chi connectivity index (χ1) is 7.08. The molecule has 80 valence electrons. The molecule has 0 spiro atoms. The second kappa shape index (κ2) is 4.10. The average molecular weight is 293 g/mol. The van der Waals surface area contributed by atoms with E-state index in [1.54, 1.807) is 0 Å². The molecule has 0 heterocycles. The molecule has 0 unspecified atom stereocenters. The molecule has 1 saturated carbocycles. The fourth-order valence-corrected chi connectivity index (χ4v) is 1.84. The van der Waals surface area contributed by atoms with Crippen molar-refractivity contribution in [2.75, 3.05) is 0 Å². The molecule has 2 nitrogen and oxygen atoms in total. The average Bonchev–Trinajstić information content (AvgIpc) is 2.94. The number of hydrogen-bond acceptors (Lipinski definition) is 1. The summed E-state index contributed by atoms with van der Waals surface area (Å²) >= 11 is 8.98. The van der Waals surface area contributed by atoms with Gasteiger partial charge in [0.1, 0.15) is 5.82 Å². The molecular weight excluding hydrogens is 284 g/mol. The third kappa shape index (κ3) is 2.49. The van der Waals surface area contributed by atoms with Gasteiger partial charge in [0, 0.05) is 10.5 Å². The van der Waals surface area contributed by atoms with Crippen molar-refractivity contribution in [3.8, 4) is 0 Å². The Morgan fingerprint density at radius 2 is 2.20 bits per heavy atom. The Morgan fingerprint density at radius 3 is 2.80 bits per heavy atom. The Balaban J connectivity index is 2.28. The van der Waals surface area contributed by atoms with Crippen LogP contribution in [0.2, 0.25) is 5.02 Å². The predicted octanol–water partition coefficient (Wildman–Crippen LogP) is 3.13. The lowest BCUT2D eigenvalue weighted by Gasteiger charge is -2.06. The summed E-state index contributed by atoms with van der Waals surface area (Å²) in [5.74, 6) is -0.796. The number of nitrogens with one attached hydrogen (secondary N) is 1. The van der Waals surface area contributed by atoms with E-state index in [1.165, 1.54) is 6.07 Å². The van der Waals surface area contributed by atoms with Crippen molar-refractivity contribution in [2.45, 2.75) is 18.9 Å². The lowest BCUT2D eigenvalue weighted by molar-refractivity contribution is 0.0950. The van der Waals surface area contributed by atoms with Crippen LogP contribution in [0.25, 0.3) is 0 Å². The Hall–Kier alpha value is -0.610. The minimum Gasteiger partial charge on any atom is -0.349 e. The largest absolute Gasteiger partial charge is 0.349 e. The SMILES string of the molecule is O=C(NC1CC1)c1cc(F)cc(Br)c1Cl. The Bertz CT molecular complexity index is 420. The summed E-state index contributed by atoms with van der Waals surface area (Å²) in [4.78, 5) is 11.6. The van der Waals surface area contributed by atoms with E-state index in [-0.39, 0.29) is 22.5 Å². The number of rotatable bonds is 2. The van der Waals surface area contributed by atoms with Crippen molar-refractivity contribution in [2.24, 2.45) is 0 Å². The second-order valence-corrected chi connectivity index (χ2v) is 4.73. The van der Waals surface area contributed by atoms with E-state index in [1.807, 2.05) is 0 Å². The van der Waals surface area contributed by atoms with E-state index >= 15 is 0 Å². The molecule has 1 fully saturated rings. The molecule has 1 aromatic carbocycles. The minimum atomic E-state index is -0.479. The lowest BCUT2D eigenvalue weighted by Crippen LogP contribution is -2.25. The first-order valence-corrected chi connectivity index (χ1v) is 5.70. The number of halogens is 3. The molecule has 0 atom stereocenters. The number of benzene rings is 1. The highest BCUT2D eigenvalue weighted by Crippen LogP contribution is 2.28. The Morgan fingerprint density at radius 1 is 1.53 bits per heavy atom. The molecule has 0 aromatic heterocycles. The van der Waals surface area contributed by atoms with Crippen LogP contribution in [0.5, 0.6) is 0 Å². The highest BCUT2D eigenvalue weighted by molar-refractivity contribution is 9.10. The monoisotopic (exact) mass is 291 g/mol. The fraction of sp³-hybridized carbons (Fsp3) is 0.300. The van der Waals surface area contributed by atoms with Crippen LogP contribution in [0.1, 0.15) is 23.2 Å². The Labute approximate surface area is 99.9 Å². The molecule has 15 heavy (non-hydrogen) atoms. The van der Waals surface area contributed by atoms with E-state index in [2.05, 4.69) is 21.2 Å². The van der Waals surface area contributed by atoms with Gasteiger partial charge in [0.05, 0.1) is 10.6 Å². The zero-order valence-electron chi connectivity index (χ0n) is 7.69. The van der Waals surface area contributed by atoms with Crippen LogP contribution in [-0.2, 0) is 0 Å². The molecule has 0 aliphatic heterocycles. The third-order valence-corrected chi connectivity index (χ3v) is 3.41. The molecule has 1 N–H and O–H groups in total. The second-order valence-electron chi connectivity index (χ2n) is 3.50. The van der Waals surface area contributed by atoms with Gasteiger partial charge in [-0.3, -0.25) is 4.79 Å². The molecular formula is C10H8BrClFNO. The summed E-state index contributed by atoms with van der Waals surface area (Å²) in [6, 6.07) is 2.61. The van der Waals surface area contributed by atoms with Crippen LogP contribution in [-0.4, -0.2) is 11.9 Å². The summed E-state index contributed by atoms with van der Waals surface area (Å²) < 4.78 is 13.4. The van der Waals surface area contributed by atoms with Gasteiger partial charge in [0.2, 0.25) is 0 Å². The predicted molar refractivity (Wildman–Crippen MR) is 59.6 cm³/mol. The van der Waals surface area contributed by atoms with Crippen molar-refractivity contribution in [1.82, 2.24) is 5.32 Å². The van der Waals surface area contributed by atoms with Gasteiger partial charge in [0.15, 0.2) is 0 Å². The molecule has 1 aliphatic rings. The standard InChI is InChI=1S/C10H8BrClFNO/c11-8-4-5(13)3-7(9(8)12)10(15)14-6-1-2-6/h3-4,6H,1-2H2,(H,14,15). The van der Waals surface area contributed by atoms with Gasteiger partial charge >= 0.3 is 0 Å². The summed E-state index contributed by atoms with van der Waals surface area (Å²) in [6.07, 6.45) is 1.97. The summed E-state index contributed by atoms with van der Waals surface area (Å²) in [5.41, 5.74) is 0.176. The van der Waals surface area contributed by atoms with Gasteiger partial charge in [-0.05, 0) is 40.9 Å². The van der Waals surface area contributed by atoms with Gasteiger partial charge in [-0.2, -0.15) is 0 Å². The molecule has 0 radical (unpaired) electrons. The zero-order valence-corrected chi connectivity index (χ0v) is 10.0. The summed E-state index contributed by atoms with van der Waals surface area (Å²) in [5, 5.41) is 3.00. The summed E-state index contributed by atoms with van der Waals surface area (Å²) in [6.45, 7) is 0. The molecule has 0 bridgehead atoms. The number of carbonyl (C=O) groups is 1. The zero-order chi connectivity index (χ0) is 11.0. The van der Waals surface area contributed by atoms with Gasteiger partial charge in [-0.1, -0.05) is 11.6 Å². The maximum absolute atomic E-state index is 13.1. The molecule has 5 heteroatoms. The topological polar surface area (TPSA) is 29.1 Å². The van der Waals surface area contributed by atoms with Gasteiger partial charge in [-0.15, -0.1) is 0 Å². The highest BCUT2D eigenvalue weighted by Gasteiger charge is 2.25. The number of hydrogen-bond donors (Lipinski definition) is 1.